The first-order chi connectivity index (χ1) is 11.6. The van der Waals surface area contributed by atoms with Crippen molar-refractivity contribution in [2.75, 3.05) is 13.1 Å². The van der Waals surface area contributed by atoms with Crippen LogP contribution < -0.4 is 0 Å². The SMILES string of the molecule is Cc1cccc(C#CC=C2CCN(C(=O)c3ccc(C)s3)CC2)n1. The Morgan fingerprint density at radius 3 is 2.67 bits per heavy atom. The molecule has 0 aliphatic carbocycles. The van der Waals surface area contributed by atoms with Gasteiger partial charge in [-0.05, 0) is 63.0 Å². The number of nitrogens with zero attached hydrogens (tertiary/aromatic N) is 2. The van der Waals surface area contributed by atoms with Crippen molar-refractivity contribution in [2.45, 2.75) is 26.7 Å². The van der Waals surface area contributed by atoms with Gasteiger partial charge in [0.2, 0.25) is 0 Å². The van der Waals surface area contributed by atoms with E-state index in [1.165, 1.54) is 10.5 Å². The molecule has 0 bridgehead atoms. The number of aromatic nitrogens is 1. The number of pyridine rings is 1. The van der Waals surface area contributed by atoms with E-state index >= 15 is 0 Å². The molecule has 122 valence electrons. The van der Waals surface area contributed by atoms with E-state index in [2.05, 4.69) is 16.8 Å². The smallest absolute Gasteiger partial charge is 0.263 e. The third-order valence-electron chi connectivity index (χ3n) is 4.01. The predicted molar refractivity (Wildman–Crippen MR) is 98.1 cm³/mol. The van der Waals surface area contributed by atoms with Crippen LogP contribution in [0.4, 0.5) is 0 Å². The van der Waals surface area contributed by atoms with Crippen molar-refractivity contribution in [1.82, 2.24) is 9.88 Å². The van der Waals surface area contributed by atoms with Crippen molar-refractivity contribution >= 4 is 17.2 Å². The number of amides is 1. The van der Waals surface area contributed by atoms with Crippen LogP contribution in [0.2, 0.25) is 0 Å². The highest BCUT2D eigenvalue weighted by Crippen LogP contribution is 2.21. The minimum Gasteiger partial charge on any atom is -0.337 e. The number of carbonyl (C=O) groups is 1. The maximum absolute atomic E-state index is 12.4. The van der Waals surface area contributed by atoms with Gasteiger partial charge in [-0.15, -0.1) is 11.3 Å². The largest absolute Gasteiger partial charge is 0.337 e. The fourth-order valence-electron chi connectivity index (χ4n) is 2.67. The third-order valence-corrected chi connectivity index (χ3v) is 5.00. The summed E-state index contributed by atoms with van der Waals surface area (Å²) in [5, 5.41) is 0. The zero-order valence-corrected chi connectivity index (χ0v) is 14.8. The van der Waals surface area contributed by atoms with Crippen molar-refractivity contribution in [1.29, 1.82) is 0 Å². The summed E-state index contributed by atoms with van der Waals surface area (Å²) in [6, 6.07) is 9.78. The van der Waals surface area contributed by atoms with E-state index in [0.717, 1.165) is 42.2 Å². The van der Waals surface area contributed by atoms with Gasteiger partial charge in [0.1, 0.15) is 5.69 Å². The summed E-state index contributed by atoms with van der Waals surface area (Å²) < 4.78 is 0. The monoisotopic (exact) mass is 336 g/mol. The first-order valence-electron chi connectivity index (χ1n) is 8.10. The summed E-state index contributed by atoms with van der Waals surface area (Å²) >= 11 is 1.57. The molecule has 4 heteroatoms. The second-order valence-electron chi connectivity index (χ2n) is 5.94. The van der Waals surface area contributed by atoms with Crippen LogP contribution in [0.15, 0.2) is 42.0 Å². The van der Waals surface area contributed by atoms with Crippen LogP contribution >= 0.6 is 11.3 Å². The van der Waals surface area contributed by atoms with E-state index in [0.29, 0.717) is 0 Å². The molecule has 0 spiro atoms. The topological polar surface area (TPSA) is 33.2 Å². The molecule has 0 aromatic carbocycles. The average Bonchev–Trinajstić information content (AvgIpc) is 3.01. The van der Waals surface area contributed by atoms with Gasteiger partial charge in [-0.3, -0.25) is 4.79 Å². The highest BCUT2D eigenvalue weighted by atomic mass is 32.1. The lowest BCUT2D eigenvalue weighted by Gasteiger charge is -2.27. The fraction of sp³-hybridized carbons (Fsp3) is 0.300. The molecule has 3 nitrogen and oxygen atoms in total. The maximum Gasteiger partial charge on any atom is 0.263 e. The van der Waals surface area contributed by atoms with Crippen LogP contribution in [-0.2, 0) is 0 Å². The molecule has 3 heterocycles. The molecule has 24 heavy (non-hydrogen) atoms. The second kappa shape index (κ2) is 7.46. The molecule has 1 aliphatic heterocycles. The van der Waals surface area contributed by atoms with Crippen molar-refractivity contribution in [3.63, 3.8) is 0 Å². The van der Waals surface area contributed by atoms with Gasteiger partial charge in [0.15, 0.2) is 0 Å². The Morgan fingerprint density at radius 1 is 1.21 bits per heavy atom. The molecule has 1 fully saturated rings. The molecule has 1 saturated heterocycles. The second-order valence-corrected chi connectivity index (χ2v) is 7.23. The van der Waals surface area contributed by atoms with E-state index in [1.807, 2.05) is 55.2 Å². The number of aryl methyl sites for hydroxylation is 2. The molecular weight excluding hydrogens is 316 g/mol. The predicted octanol–water partition coefficient (Wildman–Crippen LogP) is 3.97. The first kappa shape index (κ1) is 16.5. The van der Waals surface area contributed by atoms with Gasteiger partial charge in [-0.25, -0.2) is 4.98 Å². The minimum absolute atomic E-state index is 0.155. The number of allylic oxidation sites excluding steroid dienone is 1. The number of hydrogen-bond acceptors (Lipinski definition) is 3. The molecule has 0 saturated carbocycles. The summed E-state index contributed by atoms with van der Waals surface area (Å²) in [6.45, 7) is 5.53. The van der Waals surface area contributed by atoms with Gasteiger partial charge in [0, 0.05) is 23.7 Å². The van der Waals surface area contributed by atoms with Crippen LogP contribution in [0.25, 0.3) is 0 Å². The normalized spacial score (nSPS) is 14.1. The third kappa shape index (κ3) is 4.12. The van der Waals surface area contributed by atoms with E-state index in [9.17, 15) is 4.79 Å². The lowest BCUT2D eigenvalue weighted by molar-refractivity contribution is 0.0748. The Bertz CT molecular complexity index is 829. The van der Waals surface area contributed by atoms with Gasteiger partial charge in [-0.2, -0.15) is 0 Å². The first-order valence-corrected chi connectivity index (χ1v) is 8.92. The summed E-state index contributed by atoms with van der Waals surface area (Å²) in [6.07, 6.45) is 3.78. The lowest BCUT2D eigenvalue weighted by atomic mass is 10.0. The van der Waals surface area contributed by atoms with E-state index in [-0.39, 0.29) is 5.91 Å². The van der Waals surface area contributed by atoms with Crippen LogP contribution in [0.1, 0.15) is 38.8 Å². The molecule has 1 aliphatic rings. The van der Waals surface area contributed by atoms with Crippen molar-refractivity contribution in [3.8, 4) is 11.8 Å². The van der Waals surface area contributed by atoms with Gasteiger partial charge in [0.05, 0.1) is 4.88 Å². The number of hydrogen-bond donors (Lipinski definition) is 0. The Morgan fingerprint density at radius 2 is 2.00 bits per heavy atom. The Kier molecular flexibility index (Phi) is 5.12. The maximum atomic E-state index is 12.4. The molecule has 0 N–H and O–H groups in total. The van der Waals surface area contributed by atoms with E-state index in [1.54, 1.807) is 11.3 Å². The molecule has 0 atom stereocenters. The summed E-state index contributed by atoms with van der Waals surface area (Å²) in [4.78, 5) is 20.8. The van der Waals surface area contributed by atoms with Crippen LogP contribution in [-0.4, -0.2) is 28.9 Å². The molecule has 1 amide bonds. The van der Waals surface area contributed by atoms with Gasteiger partial charge < -0.3 is 4.90 Å². The molecule has 0 radical (unpaired) electrons. The van der Waals surface area contributed by atoms with Crippen molar-refractivity contribution in [3.05, 3.63) is 63.1 Å². The highest BCUT2D eigenvalue weighted by Gasteiger charge is 2.21. The van der Waals surface area contributed by atoms with E-state index < -0.39 is 0 Å². The zero-order valence-electron chi connectivity index (χ0n) is 14.0. The van der Waals surface area contributed by atoms with Crippen molar-refractivity contribution < 1.29 is 4.79 Å². The highest BCUT2D eigenvalue weighted by molar-refractivity contribution is 7.13. The van der Waals surface area contributed by atoms with Crippen molar-refractivity contribution in [2.24, 2.45) is 0 Å². The average molecular weight is 336 g/mol. The number of thiophene rings is 1. The fourth-order valence-corrected chi connectivity index (χ4v) is 3.51. The molecule has 2 aromatic heterocycles. The molecule has 3 rings (SSSR count). The summed E-state index contributed by atoms with van der Waals surface area (Å²) in [7, 11) is 0. The van der Waals surface area contributed by atoms with Crippen LogP contribution in [0, 0.1) is 25.7 Å². The molecule has 2 aromatic rings. The minimum atomic E-state index is 0.155. The van der Waals surface area contributed by atoms with Gasteiger partial charge >= 0.3 is 0 Å². The number of likely N-dealkylation sites (tertiary alicyclic amines) is 1. The van der Waals surface area contributed by atoms with Gasteiger partial charge in [-0.1, -0.05) is 17.6 Å². The quantitative estimate of drug-likeness (QED) is 0.738. The zero-order chi connectivity index (χ0) is 16.9. The number of rotatable bonds is 1. The molecule has 0 unspecified atom stereocenters. The van der Waals surface area contributed by atoms with E-state index in [4.69, 9.17) is 0 Å². The lowest BCUT2D eigenvalue weighted by Crippen LogP contribution is -2.35. The Balaban J connectivity index is 1.58. The van der Waals surface area contributed by atoms with Crippen LogP contribution in [0.3, 0.4) is 0 Å². The number of carbonyl (C=O) groups excluding carboxylic acids is 1. The summed E-state index contributed by atoms with van der Waals surface area (Å²) in [5.41, 5.74) is 3.08. The van der Waals surface area contributed by atoms with Gasteiger partial charge in [0.25, 0.3) is 5.91 Å². The Hall–Kier alpha value is -2.38. The number of piperidine rings is 1. The van der Waals surface area contributed by atoms with Crippen LogP contribution in [0.5, 0.6) is 0 Å². The molecular formula is C20H20N2OS. The Labute approximate surface area is 147 Å². The summed E-state index contributed by atoms with van der Waals surface area (Å²) in [5.74, 6) is 6.34. The standard InChI is InChI=1S/C20H20N2OS/c1-15-5-3-7-18(21-15)8-4-6-17-11-13-22(14-12-17)20(23)19-10-9-16(2)24-19/h3,5-7,9-10H,11-14H2,1-2H3.